The molecule has 1 amide bonds. The molecule has 0 saturated heterocycles. The van der Waals surface area contributed by atoms with Crippen LogP contribution in [0.4, 0.5) is 0 Å². The molecule has 0 aliphatic heterocycles. The maximum absolute atomic E-state index is 12.8. The van der Waals surface area contributed by atoms with E-state index >= 15 is 0 Å². The van der Waals surface area contributed by atoms with Crippen molar-refractivity contribution in [2.75, 3.05) is 6.61 Å². The average molecular weight is 522 g/mol. The lowest BCUT2D eigenvalue weighted by Crippen LogP contribution is -2.29. The minimum absolute atomic E-state index is 0.0916. The van der Waals surface area contributed by atoms with Crippen LogP contribution in [0.3, 0.4) is 0 Å². The number of carbonyl (C=O) groups is 3. The highest BCUT2D eigenvalue weighted by atomic mass is 32.1. The van der Waals surface area contributed by atoms with Crippen LogP contribution in [-0.4, -0.2) is 45.7 Å². The van der Waals surface area contributed by atoms with E-state index in [-0.39, 0.29) is 28.5 Å². The summed E-state index contributed by atoms with van der Waals surface area (Å²) in [5, 5.41) is 18.4. The third-order valence-corrected chi connectivity index (χ3v) is 4.45. The molecule has 0 bridgehead atoms. The quantitative estimate of drug-likeness (QED) is 0.121. The second-order valence-electron chi connectivity index (χ2n) is 6.90. The third-order valence-electron chi connectivity index (χ3n) is 4.21. The van der Waals surface area contributed by atoms with Gasteiger partial charge in [0.15, 0.2) is 0 Å². The van der Waals surface area contributed by atoms with Gasteiger partial charge in [0.05, 0.1) is 12.8 Å². The molecular weight excluding hydrogens is 504 g/mol. The lowest BCUT2D eigenvalue weighted by Gasteiger charge is -2.15. The minimum Gasteiger partial charge on any atom is -0.426 e. The van der Waals surface area contributed by atoms with E-state index in [2.05, 4.69) is 9.68 Å². The number of amides is 1. The molecule has 0 aliphatic carbocycles. The van der Waals surface area contributed by atoms with Gasteiger partial charge in [-0.25, -0.2) is 4.79 Å². The summed E-state index contributed by atoms with van der Waals surface area (Å²) in [6, 6.07) is 9.59. The molecule has 0 saturated carbocycles. The van der Waals surface area contributed by atoms with Crippen molar-refractivity contribution in [2.24, 2.45) is 11.5 Å². The van der Waals surface area contributed by atoms with E-state index in [9.17, 15) is 34.6 Å². The Balaban J connectivity index is 2.25. The van der Waals surface area contributed by atoms with Crippen LogP contribution in [0.5, 0.6) is 11.5 Å². The molecular formula is C20H18N4O11S. The Bertz CT molecular complexity index is 1190. The smallest absolute Gasteiger partial charge is 0.347 e. The maximum Gasteiger partial charge on any atom is 0.347 e. The number of benzene rings is 2. The first-order valence-corrected chi connectivity index (χ1v) is 10.2. The standard InChI is InChI=1S/C20H18N4O11S/c21-17(25)8-11-1-6-16(34-18(26)9-14(35-24(30)31)10-32-23(28)29)15(7-11)20(27)33-13-4-2-12(3-5-13)19(22)36/h1-7,14H,8-10H2,(H2,21,25)(H2,22,36). The summed E-state index contributed by atoms with van der Waals surface area (Å²) in [4.78, 5) is 65.7. The number of nitrogens with zero attached hydrogens (tertiary/aromatic N) is 2. The molecule has 1 atom stereocenters. The topological polar surface area (TPSA) is 226 Å². The lowest BCUT2D eigenvalue weighted by atomic mass is 10.1. The Morgan fingerprint density at radius 1 is 0.972 bits per heavy atom. The van der Waals surface area contributed by atoms with Gasteiger partial charge in [0.25, 0.3) is 10.2 Å². The van der Waals surface area contributed by atoms with E-state index in [1.54, 1.807) is 0 Å². The minimum atomic E-state index is -1.67. The number of esters is 2. The molecule has 0 aromatic heterocycles. The fraction of sp³-hybridized carbons (Fsp3) is 0.200. The SMILES string of the molecule is NC(=O)Cc1ccc(OC(=O)CC(CO[N+](=O)[O-])O[N+](=O)[O-])c(C(=O)Oc2ccc(C(N)=S)cc2)c1. The summed E-state index contributed by atoms with van der Waals surface area (Å²) in [6.07, 6.45) is -2.75. The Morgan fingerprint density at radius 2 is 1.64 bits per heavy atom. The highest BCUT2D eigenvalue weighted by molar-refractivity contribution is 7.80. The van der Waals surface area contributed by atoms with Crippen molar-refractivity contribution in [3.63, 3.8) is 0 Å². The molecule has 2 aromatic carbocycles. The van der Waals surface area contributed by atoms with Crippen LogP contribution in [0, 0.1) is 20.2 Å². The van der Waals surface area contributed by atoms with Gasteiger partial charge in [-0.3, -0.25) is 9.59 Å². The van der Waals surface area contributed by atoms with Crippen molar-refractivity contribution in [2.45, 2.75) is 18.9 Å². The van der Waals surface area contributed by atoms with Crippen LogP contribution in [0.15, 0.2) is 42.5 Å². The van der Waals surface area contributed by atoms with E-state index in [1.165, 1.54) is 42.5 Å². The molecule has 0 fully saturated rings. The molecule has 36 heavy (non-hydrogen) atoms. The third kappa shape index (κ3) is 8.82. The van der Waals surface area contributed by atoms with Crippen LogP contribution in [0.1, 0.15) is 27.9 Å². The number of thiocarbonyl (C=S) groups is 1. The first-order chi connectivity index (χ1) is 16.9. The van der Waals surface area contributed by atoms with Crippen LogP contribution < -0.4 is 20.9 Å². The van der Waals surface area contributed by atoms with Gasteiger partial charge < -0.3 is 30.6 Å². The Kier molecular flexibility index (Phi) is 9.55. The van der Waals surface area contributed by atoms with E-state index < -0.39 is 47.2 Å². The molecule has 1 unspecified atom stereocenters. The normalized spacial score (nSPS) is 11.0. The molecule has 0 aliphatic rings. The Morgan fingerprint density at radius 3 is 2.19 bits per heavy atom. The lowest BCUT2D eigenvalue weighted by molar-refractivity contribution is -0.789. The van der Waals surface area contributed by atoms with Crippen LogP contribution >= 0.6 is 12.2 Å². The fourth-order valence-electron chi connectivity index (χ4n) is 2.73. The highest BCUT2D eigenvalue weighted by Gasteiger charge is 2.24. The van der Waals surface area contributed by atoms with Crippen molar-refractivity contribution < 1.29 is 43.7 Å². The highest BCUT2D eigenvalue weighted by Crippen LogP contribution is 2.24. The second kappa shape index (κ2) is 12.6. The fourth-order valence-corrected chi connectivity index (χ4v) is 2.86. The van der Waals surface area contributed by atoms with Crippen LogP contribution in [0.2, 0.25) is 0 Å². The number of carbonyl (C=O) groups excluding carboxylic acids is 3. The van der Waals surface area contributed by atoms with Gasteiger partial charge in [-0.15, -0.1) is 20.2 Å². The van der Waals surface area contributed by atoms with Crippen molar-refractivity contribution in [3.05, 3.63) is 79.4 Å². The van der Waals surface area contributed by atoms with Crippen molar-refractivity contribution in [1.29, 1.82) is 0 Å². The first kappa shape index (κ1) is 27.4. The van der Waals surface area contributed by atoms with Gasteiger partial charge in [-0.1, -0.05) is 18.3 Å². The number of nitrogens with two attached hydrogens (primary N) is 2. The van der Waals surface area contributed by atoms with Crippen LogP contribution in [0.25, 0.3) is 0 Å². The first-order valence-electron chi connectivity index (χ1n) is 9.77. The number of ether oxygens (including phenoxy) is 2. The Hall–Kier alpha value is -4.86. The molecule has 4 N–H and O–H groups in total. The van der Waals surface area contributed by atoms with E-state index in [0.717, 1.165) is 0 Å². The molecule has 190 valence electrons. The van der Waals surface area contributed by atoms with E-state index in [0.29, 0.717) is 11.1 Å². The van der Waals surface area contributed by atoms with Crippen LogP contribution in [-0.2, 0) is 25.7 Å². The summed E-state index contributed by atoms with van der Waals surface area (Å²) >= 11 is 4.85. The van der Waals surface area contributed by atoms with Crippen molar-refractivity contribution in [1.82, 2.24) is 0 Å². The predicted molar refractivity (Wildman–Crippen MR) is 122 cm³/mol. The molecule has 2 rings (SSSR count). The molecule has 0 heterocycles. The van der Waals surface area contributed by atoms with Crippen molar-refractivity contribution >= 4 is 35.1 Å². The zero-order valence-corrected chi connectivity index (χ0v) is 19.0. The van der Waals surface area contributed by atoms with Gasteiger partial charge in [-0.05, 0) is 42.0 Å². The summed E-state index contributed by atoms with van der Waals surface area (Å²) in [7, 11) is 0. The van der Waals surface area contributed by atoms with Crippen molar-refractivity contribution in [3.8, 4) is 11.5 Å². The summed E-state index contributed by atoms with van der Waals surface area (Å²) < 4.78 is 10.4. The summed E-state index contributed by atoms with van der Waals surface area (Å²) in [5.74, 6) is -3.06. The number of hydrogen-bond donors (Lipinski definition) is 2. The largest absolute Gasteiger partial charge is 0.426 e. The molecule has 0 spiro atoms. The summed E-state index contributed by atoms with van der Waals surface area (Å²) in [6.45, 7) is -0.933. The molecule has 15 nitrogen and oxygen atoms in total. The summed E-state index contributed by atoms with van der Waals surface area (Å²) in [5.41, 5.74) is 11.2. The van der Waals surface area contributed by atoms with Gasteiger partial charge >= 0.3 is 11.9 Å². The zero-order chi connectivity index (χ0) is 26.8. The molecule has 16 heteroatoms. The predicted octanol–water partition coefficient (Wildman–Crippen LogP) is 0.648. The monoisotopic (exact) mass is 522 g/mol. The van der Waals surface area contributed by atoms with E-state index in [1.807, 2.05) is 0 Å². The molecule has 0 radical (unpaired) electrons. The Labute approximate surface area is 207 Å². The average Bonchev–Trinajstić information content (AvgIpc) is 2.78. The van der Waals surface area contributed by atoms with Gasteiger partial charge in [0.2, 0.25) is 5.91 Å². The number of hydrogen-bond acceptors (Lipinski definition) is 12. The number of rotatable bonds is 13. The van der Waals surface area contributed by atoms with Gasteiger partial charge in [-0.2, -0.15) is 0 Å². The maximum atomic E-state index is 12.8. The zero-order valence-electron chi connectivity index (χ0n) is 18.2. The molecule has 2 aromatic rings. The van der Waals surface area contributed by atoms with E-state index in [4.69, 9.17) is 33.2 Å². The second-order valence-corrected chi connectivity index (χ2v) is 7.34. The van der Waals surface area contributed by atoms with Gasteiger partial charge in [0.1, 0.15) is 34.8 Å². The van der Waals surface area contributed by atoms with Gasteiger partial charge in [0, 0.05) is 5.56 Å². The number of primary amides is 1.